The second-order valence-corrected chi connectivity index (χ2v) is 4.93. The van der Waals surface area contributed by atoms with Crippen molar-refractivity contribution in [3.8, 4) is 17.4 Å². The standard InChI is InChI=1S/C16H14ClFN2O5/c1-2-23-15(22)8-24-16-13(4-3-5-19-16)25-14-7-12(20-9-21)11(18)6-10(14)17/h3-7,9H,2,8H2,1H3,(H,20,21). The molecule has 2 rings (SSSR count). The number of rotatable bonds is 8. The van der Waals surface area contributed by atoms with Crippen molar-refractivity contribution in [3.05, 3.63) is 41.3 Å². The largest absolute Gasteiger partial charge is 0.463 e. The zero-order chi connectivity index (χ0) is 18.2. The number of carbonyl (C=O) groups excluding carboxylic acids is 2. The molecule has 2 aromatic rings. The van der Waals surface area contributed by atoms with Gasteiger partial charge in [-0.2, -0.15) is 0 Å². The molecule has 0 atom stereocenters. The number of nitrogens with zero attached hydrogens (tertiary/aromatic N) is 1. The number of anilines is 1. The van der Waals surface area contributed by atoms with Crippen molar-refractivity contribution in [2.75, 3.05) is 18.5 Å². The average Bonchev–Trinajstić information content (AvgIpc) is 2.58. The summed E-state index contributed by atoms with van der Waals surface area (Å²) in [4.78, 5) is 25.9. The molecule has 0 bridgehead atoms. The summed E-state index contributed by atoms with van der Waals surface area (Å²) in [6, 6.07) is 5.32. The van der Waals surface area contributed by atoms with E-state index in [9.17, 15) is 14.0 Å². The van der Waals surface area contributed by atoms with Crippen LogP contribution in [-0.4, -0.2) is 30.6 Å². The molecule has 1 N–H and O–H groups in total. The maximum Gasteiger partial charge on any atom is 0.344 e. The summed E-state index contributed by atoms with van der Waals surface area (Å²) >= 11 is 5.96. The van der Waals surface area contributed by atoms with Crippen molar-refractivity contribution >= 4 is 29.7 Å². The Morgan fingerprint density at radius 3 is 2.92 bits per heavy atom. The van der Waals surface area contributed by atoms with Crippen LogP contribution in [0.5, 0.6) is 17.4 Å². The highest BCUT2D eigenvalue weighted by molar-refractivity contribution is 6.32. The third-order valence-electron chi connectivity index (χ3n) is 2.82. The molecule has 25 heavy (non-hydrogen) atoms. The number of nitrogens with one attached hydrogen (secondary N) is 1. The highest BCUT2D eigenvalue weighted by atomic mass is 35.5. The van der Waals surface area contributed by atoms with E-state index in [4.69, 9.17) is 25.8 Å². The van der Waals surface area contributed by atoms with E-state index in [0.717, 1.165) is 6.07 Å². The lowest BCUT2D eigenvalue weighted by molar-refractivity contribution is -0.145. The molecule has 1 aromatic carbocycles. The highest BCUT2D eigenvalue weighted by Gasteiger charge is 2.14. The number of amides is 1. The SMILES string of the molecule is CCOC(=O)COc1ncccc1Oc1cc(NC=O)c(F)cc1Cl. The van der Waals surface area contributed by atoms with E-state index in [1.165, 1.54) is 18.3 Å². The van der Waals surface area contributed by atoms with Crippen molar-refractivity contribution in [1.82, 2.24) is 4.98 Å². The van der Waals surface area contributed by atoms with Gasteiger partial charge in [-0.15, -0.1) is 0 Å². The summed E-state index contributed by atoms with van der Waals surface area (Å²) in [5.74, 6) is -1.02. The second-order valence-electron chi connectivity index (χ2n) is 4.53. The van der Waals surface area contributed by atoms with Crippen LogP contribution in [0, 0.1) is 5.82 Å². The fourth-order valence-corrected chi connectivity index (χ4v) is 1.98. The van der Waals surface area contributed by atoms with Crippen LogP contribution in [0.2, 0.25) is 5.02 Å². The zero-order valence-corrected chi connectivity index (χ0v) is 13.9. The van der Waals surface area contributed by atoms with E-state index in [-0.39, 0.29) is 41.3 Å². The third-order valence-corrected chi connectivity index (χ3v) is 3.12. The van der Waals surface area contributed by atoms with Gasteiger partial charge in [-0.05, 0) is 25.1 Å². The van der Waals surface area contributed by atoms with Crippen molar-refractivity contribution < 1.29 is 28.2 Å². The quantitative estimate of drug-likeness (QED) is 0.569. The molecule has 0 aliphatic carbocycles. The van der Waals surface area contributed by atoms with Gasteiger partial charge in [-0.3, -0.25) is 4.79 Å². The predicted molar refractivity (Wildman–Crippen MR) is 87.5 cm³/mol. The van der Waals surface area contributed by atoms with Gasteiger partial charge in [0.05, 0.1) is 17.3 Å². The molecule has 1 heterocycles. The summed E-state index contributed by atoms with van der Waals surface area (Å²) in [6.45, 7) is 1.55. The Hall–Kier alpha value is -2.87. The number of pyridine rings is 1. The molecule has 1 amide bonds. The molecule has 9 heteroatoms. The predicted octanol–water partition coefficient (Wildman–Crippen LogP) is 3.18. The van der Waals surface area contributed by atoms with Gasteiger partial charge < -0.3 is 19.5 Å². The Labute approximate surface area is 147 Å². The summed E-state index contributed by atoms with van der Waals surface area (Å²) in [7, 11) is 0. The van der Waals surface area contributed by atoms with Crippen LogP contribution < -0.4 is 14.8 Å². The van der Waals surface area contributed by atoms with Crippen molar-refractivity contribution in [3.63, 3.8) is 0 Å². The van der Waals surface area contributed by atoms with Crippen molar-refractivity contribution in [1.29, 1.82) is 0 Å². The van der Waals surface area contributed by atoms with Crippen molar-refractivity contribution in [2.45, 2.75) is 6.92 Å². The molecule has 0 aliphatic rings. The molecule has 132 valence electrons. The number of carbonyl (C=O) groups is 2. The van der Waals surface area contributed by atoms with E-state index in [1.807, 2.05) is 0 Å². The minimum atomic E-state index is -0.713. The number of hydrogen-bond acceptors (Lipinski definition) is 6. The fourth-order valence-electron chi connectivity index (χ4n) is 1.79. The van der Waals surface area contributed by atoms with Gasteiger partial charge >= 0.3 is 5.97 Å². The van der Waals surface area contributed by atoms with Crippen LogP contribution >= 0.6 is 11.6 Å². The van der Waals surface area contributed by atoms with Gasteiger partial charge in [0.25, 0.3) is 5.88 Å². The first kappa shape index (κ1) is 18.5. The highest BCUT2D eigenvalue weighted by Crippen LogP contribution is 2.36. The second kappa shape index (κ2) is 8.84. The molecule has 0 saturated heterocycles. The topological polar surface area (TPSA) is 86.8 Å². The lowest BCUT2D eigenvalue weighted by atomic mass is 10.3. The number of halogens is 2. The van der Waals surface area contributed by atoms with Gasteiger partial charge in [0, 0.05) is 12.3 Å². The van der Waals surface area contributed by atoms with Crippen LogP contribution in [0.1, 0.15) is 6.92 Å². The van der Waals surface area contributed by atoms with E-state index < -0.39 is 11.8 Å². The Morgan fingerprint density at radius 1 is 1.40 bits per heavy atom. The van der Waals surface area contributed by atoms with E-state index >= 15 is 0 Å². The molecular formula is C16H14ClFN2O5. The van der Waals surface area contributed by atoms with Crippen LogP contribution in [0.25, 0.3) is 0 Å². The van der Waals surface area contributed by atoms with E-state index in [2.05, 4.69) is 10.3 Å². The number of hydrogen-bond donors (Lipinski definition) is 1. The molecule has 0 unspecified atom stereocenters. The fraction of sp³-hybridized carbons (Fsp3) is 0.188. The lowest BCUT2D eigenvalue weighted by Gasteiger charge is -2.13. The molecule has 0 spiro atoms. The molecule has 0 fully saturated rings. The number of aromatic nitrogens is 1. The smallest absolute Gasteiger partial charge is 0.344 e. The van der Waals surface area contributed by atoms with Gasteiger partial charge in [0.1, 0.15) is 11.6 Å². The minimum Gasteiger partial charge on any atom is -0.463 e. The number of esters is 1. The van der Waals surface area contributed by atoms with Gasteiger partial charge in [0.2, 0.25) is 6.41 Å². The Balaban J connectivity index is 2.21. The molecule has 0 aliphatic heterocycles. The van der Waals surface area contributed by atoms with Crippen LogP contribution in [0.4, 0.5) is 10.1 Å². The molecule has 1 aromatic heterocycles. The van der Waals surface area contributed by atoms with Crippen LogP contribution in [0.15, 0.2) is 30.5 Å². The van der Waals surface area contributed by atoms with Crippen LogP contribution in [0.3, 0.4) is 0 Å². The summed E-state index contributed by atoms with van der Waals surface area (Å²) in [5.41, 5.74) is -0.104. The van der Waals surface area contributed by atoms with Gasteiger partial charge in [-0.1, -0.05) is 11.6 Å². The Morgan fingerprint density at radius 2 is 2.20 bits per heavy atom. The van der Waals surface area contributed by atoms with E-state index in [0.29, 0.717) is 6.41 Å². The Bertz CT molecular complexity index is 772. The van der Waals surface area contributed by atoms with Gasteiger partial charge in [-0.25, -0.2) is 14.2 Å². The first-order valence-corrected chi connectivity index (χ1v) is 7.53. The lowest BCUT2D eigenvalue weighted by Crippen LogP contribution is -2.15. The van der Waals surface area contributed by atoms with Crippen LogP contribution in [-0.2, 0) is 14.3 Å². The summed E-state index contributed by atoms with van der Waals surface area (Å²) < 4.78 is 29.3. The molecule has 0 radical (unpaired) electrons. The molecule has 0 saturated carbocycles. The first-order chi connectivity index (χ1) is 12.0. The molecular weight excluding hydrogens is 355 g/mol. The monoisotopic (exact) mass is 368 g/mol. The number of benzene rings is 1. The first-order valence-electron chi connectivity index (χ1n) is 7.15. The molecule has 7 nitrogen and oxygen atoms in total. The third kappa shape index (κ3) is 5.05. The maximum atomic E-state index is 13.7. The Kier molecular flexibility index (Phi) is 6.53. The van der Waals surface area contributed by atoms with Gasteiger partial charge in [0.15, 0.2) is 12.4 Å². The average molecular weight is 369 g/mol. The minimum absolute atomic E-state index is 0.0193. The normalized spacial score (nSPS) is 10.0. The van der Waals surface area contributed by atoms with Crippen molar-refractivity contribution in [2.24, 2.45) is 0 Å². The van der Waals surface area contributed by atoms with E-state index in [1.54, 1.807) is 13.0 Å². The zero-order valence-electron chi connectivity index (χ0n) is 13.1. The summed E-state index contributed by atoms with van der Waals surface area (Å²) in [6.07, 6.45) is 1.77. The summed E-state index contributed by atoms with van der Waals surface area (Å²) in [5, 5.41) is 2.18. The number of ether oxygens (including phenoxy) is 3. The maximum absolute atomic E-state index is 13.7.